The third-order valence-electron chi connectivity index (χ3n) is 3.39. The van der Waals surface area contributed by atoms with Crippen LogP contribution in [0.2, 0.25) is 0 Å². The van der Waals surface area contributed by atoms with Gasteiger partial charge in [0.25, 0.3) is 0 Å². The Balaban J connectivity index is 2.85. The van der Waals surface area contributed by atoms with E-state index in [9.17, 15) is 0 Å². The molecule has 1 N–H and O–H groups in total. The number of anilines is 1. The van der Waals surface area contributed by atoms with Gasteiger partial charge in [-0.05, 0) is 31.7 Å². The predicted octanol–water partition coefficient (Wildman–Crippen LogP) is 4.00. The van der Waals surface area contributed by atoms with Gasteiger partial charge < -0.3 is 10.2 Å². The van der Waals surface area contributed by atoms with E-state index in [1.54, 1.807) is 0 Å². The number of hydrogen-bond acceptors (Lipinski definition) is 4. The van der Waals surface area contributed by atoms with Crippen LogP contribution in [0.15, 0.2) is 0 Å². The lowest BCUT2D eigenvalue weighted by atomic mass is 10.0. The highest BCUT2D eigenvalue weighted by Crippen LogP contribution is 2.31. The van der Waals surface area contributed by atoms with Crippen molar-refractivity contribution < 1.29 is 0 Å². The Kier molecular flexibility index (Phi) is 7.39. The molecule has 1 unspecified atom stereocenters. The first-order chi connectivity index (χ1) is 9.13. The van der Waals surface area contributed by atoms with Gasteiger partial charge in [-0.25, -0.2) is 4.98 Å². The Bertz CT molecular complexity index is 362. The molecule has 19 heavy (non-hydrogen) atoms. The van der Waals surface area contributed by atoms with Crippen LogP contribution < -0.4 is 10.2 Å². The molecule has 0 aliphatic heterocycles. The van der Waals surface area contributed by atoms with E-state index in [0.717, 1.165) is 32.5 Å². The smallest absolute Gasteiger partial charge is 0.185 e. The Labute approximate surface area is 122 Å². The maximum absolute atomic E-state index is 4.88. The summed E-state index contributed by atoms with van der Waals surface area (Å²) in [6.45, 7) is 12.1. The van der Waals surface area contributed by atoms with Crippen LogP contribution in [-0.2, 0) is 6.54 Å². The van der Waals surface area contributed by atoms with Crippen molar-refractivity contribution in [1.29, 1.82) is 0 Å². The zero-order valence-electron chi connectivity index (χ0n) is 13.1. The molecule has 1 heterocycles. The summed E-state index contributed by atoms with van der Waals surface area (Å²) >= 11 is 1.85. The molecule has 0 saturated carbocycles. The Hall–Kier alpha value is -0.610. The quantitative estimate of drug-likeness (QED) is 0.694. The summed E-state index contributed by atoms with van der Waals surface area (Å²) in [7, 11) is 2.14. The Morgan fingerprint density at radius 2 is 2.00 bits per heavy atom. The minimum atomic E-state index is 0.554. The van der Waals surface area contributed by atoms with E-state index in [1.807, 2.05) is 11.3 Å². The van der Waals surface area contributed by atoms with Crippen molar-refractivity contribution in [3.05, 3.63) is 10.6 Å². The molecule has 0 radical (unpaired) electrons. The summed E-state index contributed by atoms with van der Waals surface area (Å²) in [6.07, 6.45) is 3.50. The SMILES string of the molecule is CCCNCc1sc(N(C)CCC)nc1C(C)CC. The molecule has 1 atom stereocenters. The lowest BCUT2D eigenvalue weighted by molar-refractivity contribution is 0.655. The summed E-state index contributed by atoms with van der Waals surface area (Å²) in [4.78, 5) is 8.58. The Morgan fingerprint density at radius 1 is 1.26 bits per heavy atom. The molecule has 1 rings (SSSR count). The molecule has 0 amide bonds. The molecule has 0 aliphatic carbocycles. The van der Waals surface area contributed by atoms with E-state index in [-0.39, 0.29) is 0 Å². The molecule has 0 bridgehead atoms. The van der Waals surface area contributed by atoms with E-state index >= 15 is 0 Å². The molecule has 0 saturated heterocycles. The van der Waals surface area contributed by atoms with Gasteiger partial charge in [-0.1, -0.05) is 27.7 Å². The third-order valence-corrected chi connectivity index (χ3v) is 4.58. The fourth-order valence-electron chi connectivity index (χ4n) is 2.03. The number of aromatic nitrogens is 1. The zero-order valence-corrected chi connectivity index (χ0v) is 13.9. The first kappa shape index (κ1) is 16.4. The largest absolute Gasteiger partial charge is 0.351 e. The molecule has 0 spiro atoms. The van der Waals surface area contributed by atoms with Gasteiger partial charge in [0.1, 0.15) is 0 Å². The van der Waals surface area contributed by atoms with Gasteiger partial charge >= 0.3 is 0 Å². The van der Waals surface area contributed by atoms with E-state index < -0.39 is 0 Å². The lowest BCUT2D eigenvalue weighted by Crippen LogP contribution is -2.17. The Morgan fingerprint density at radius 3 is 2.58 bits per heavy atom. The van der Waals surface area contributed by atoms with Gasteiger partial charge in [-0.15, -0.1) is 11.3 Å². The second kappa shape index (κ2) is 8.54. The predicted molar refractivity (Wildman–Crippen MR) is 86.4 cm³/mol. The molecule has 0 aliphatic rings. The van der Waals surface area contributed by atoms with Gasteiger partial charge in [0.05, 0.1) is 5.69 Å². The maximum atomic E-state index is 4.88. The summed E-state index contributed by atoms with van der Waals surface area (Å²) in [5.41, 5.74) is 1.30. The molecular weight excluding hydrogens is 254 g/mol. The molecule has 4 heteroatoms. The fourth-order valence-corrected chi connectivity index (χ4v) is 3.17. The van der Waals surface area contributed by atoms with E-state index in [0.29, 0.717) is 5.92 Å². The monoisotopic (exact) mass is 283 g/mol. The molecule has 1 aromatic heterocycles. The minimum absolute atomic E-state index is 0.554. The van der Waals surface area contributed by atoms with Gasteiger partial charge in [0, 0.05) is 25.0 Å². The first-order valence-corrected chi connectivity index (χ1v) is 8.37. The van der Waals surface area contributed by atoms with Crippen molar-refractivity contribution in [1.82, 2.24) is 10.3 Å². The van der Waals surface area contributed by atoms with E-state index in [4.69, 9.17) is 4.98 Å². The first-order valence-electron chi connectivity index (χ1n) is 7.55. The van der Waals surface area contributed by atoms with Crippen LogP contribution in [0.4, 0.5) is 5.13 Å². The maximum Gasteiger partial charge on any atom is 0.185 e. The van der Waals surface area contributed by atoms with Gasteiger partial charge in [0.15, 0.2) is 5.13 Å². The number of thiazole rings is 1. The number of nitrogens with zero attached hydrogens (tertiary/aromatic N) is 2. The number of rotatable bonds is 9. The second-order valence-electron chi connectivity index (χ2n) is 5.21. The van der Waals surface area contributed by atoms with Crippen LogP contribution in [0.25, 0.3) is 0 Å². The minimum Gasteiger partial charge on any atom is -0.351 e. The van der Waals surface area contributed by atoms with Crippen LogP contribution in [0.5, 0.6) is 0 Å². The molecular formula is C15H29N3S. The number of hydrogen-bond donors (Lipinski definition) is 1. The highest BCUT2D eigenvalue weighted by Gasteiger charge is 2.17. The average Bonchev–Trinajstić information content (AvgIpc) is 2.83. The van der Waals surface area contributed by atoms with Crippen molar-refractivity contribution in [2.45, 2.75) is 59.4 Å². The highest BCUT2D eigenvalue weighted by molar-refractivity contribution is 7.15. The van der Waals surface area contributed by atoms with E-state index in [2.05, 4.69) is 45.0 Å². The lowest BCUT2D eigenvalue weighted by Gasteiger charge is -2.13. The normalized spacial score (nSPS) is 12.7. The van der Waals surface area contributed by atoms with Gasteiger partial charge in [-0.2, -0.15) is 0 Å². The van der Waals surface area contributed by atoms with Crippen LogP contribution in [0.3, 0.4) is 0 Å². The summed E-state index contributed by atoms with van der Waals surface area (Å²) in [5.74, 6) is 0.554. The fraction of sp³-hybridized carbons (Fsp3) is 0.800. The summed E-state index contributed by atoms with van der Waals surface area (Å²) in [5, 5.41) is 4.68. The molecule has 0 fully saturated rings. The van der Waals surface area contributed by atoms with Gasteiger partial charge in [-0.3, -0.25) is 0 Å². The molecule has 0 aromatic carbocycles. The third kappa shape index (κ3) is 4.77. The average molecular weight is 283 g/mol. The van der Waals surface area contributed by atoms with Crippen LogP contribution >= 0.6 is 11.3 Å². The van der Waals surface area contributed by atoms with Crippen LogP contribution in [0.1, 0.15) is 63.4 Å². The topological polar surface area (TPSA) is 28.2 Å². The highest BCUT2D eigenvalue weighted by atomic mass is 32.1. The van der Waals surface area contributed by atoms with Crippen molar-refractivity contribution in [2.75, 3.05) is 25.0 Å². The second-order valence-corrected chi connectivity index (χ2v) is 6.27. The van der Waals surface area contributed by atoms with Crippen LogP contribution in [-0.4, -0.2) is 25.1 Å². The molecule has 3 nitrogen and oxygen atoms in total. The van der Waals surface area contributed by atoms with E-state index in [1.165, 1.54) is 22.1 Å². The molecule has 110 valence electrons. The summed E-state index contributed by atoms with van der Waals surface area (Å²) in [6, 6.07) is 0. The number of nitrogens with one attached hydrogen (secondary N) is 1. The van der Waals surface area contributed by atoms with Crippen molar-refractivity contribution >= 4 is 16.5 Å². The van der Waals surface area contributed by atoms with Crippen molar-refractivity contribution in [2.24, 2.45) is 0 Å². The van der Waals surface area contributed by atoms with Crippen molar-refractivity contribution in [3.63, 3.8) is 0 Å². The van der Waals surface area contributed by atoms with Gasteiger partial charge in [0.2, 0.25) is 0 Å². The van der Waals surface area contributed by atoms with Crippen LogP contribution in [0, 0.1) is 0 Å². The van der Waals surface area contributed by atoms with Crippen molar-refractivity contribution in [3.8, 4) is 0 Å². The molecule has 1 aromatic rings. The summed E-state index contributed by atoms with van der Waals surface area (Å²) < 4.78 is 0. The zero-order chi connectivity index (χ0) is 14.3. The standard InChI is InChI=1S/C15H29N3S/c1-6-9-16-11-13-14(12(4)8-3)17-15(19-13)18(5)10-7-2/h12,16H,6-11H2,1-5H3.